The Hall–Kier alpha value is -3.57. The zero-order valence-electron chi connectivity index (χ0n) is 27.7. The number of ether oxygens (including phenoxy) is 2. The Balaban J connectivity index is 1.02. The van der Waals surface area contributed by atoms with Crippen molar-refractivity contribution in [3.05, 3.63) is 71.8 Å². The first-order valence-corrected chi connectivity index (χ1v) is 17.2. The number of carbonyl (C=O) groups is 3. The molecular weight excluding hydrogens is 597 g/mol. The van der Waals surface area contributed by atoms with Crippen molar-refractivity contribution in [2.45, 2.75) is 89.8 Å². The molecule has 3 aliphatic carbocycles. The lowest BCUT2D eigenvalue weighted by molar-refractivity contribution is -0.199. The molecule has 6 fully saturated rings. The molecule has 3 saturated carbocycles. The predicted octanol–water partition coefficient (Wildman–Crippen LogP) is 5.29. The Morgan fingerprint density at radius 3 is 2.28 bits per heavy atom. The van der Waals surface area contributed by atoms with E-state index < -0.39 is 19.3 Å². The molecule has 3 aliphatic heterocycles. The van der Waals surface area contributed by atoms with Crippen molar-refractivity contribution in [1.82, 2.24) is 14.7 Å². The number of carbonyl (C=O) groups excluding carboxylic acids is 3. The van der Waals surface area contributed by atoms with Crippen molar-refractivity contribution in [2.24, 2.45) is 17.3 Å². The van der Waals surface area contributed by atoms with Crippen LogP contribution in [0.15, 0.2) is 60.7 Å². The van der Waals surface area contributed by atoms with Crippen LogP contribution in [0.5, 0.6) is 0 Å². The Morgan fingerprint density at radius 2 is 1.60 bits per heavy atom. The number of amides is 3. The molecule has 11 heteroatoms. The maximum absolute atomic E-state index is 14.1. The molecule has 2 aromatic carbocycles. The molecule has 250 valence electrons. The molecule has 6 aliphatic rings. The summed E-state index contributed by atoms with van der Waals surface area (Å²) < 4.78 is 24.6. The highest BCUT2D eigenvalue weighted by atomic mass is 16.7. The number of likely N-dealkylation sites (tertiary alicyclic amines) is 2. The second-order valence-corrected chi connectivity index (χ2v) is 14.7. The summed E-state index contributed by atoms with van der Waals surface area (Å²) in [5.41, 5.74) is 1.64. The van der Waals surface area contributed by atoms with Gasteiger partial charge in [0.25, 0.3) is 0 Å². The van der Waals surface area contributed by atoms with Gasteiger partial charge in [-0.2, -0.15) is 0 Å². The monoisotopic (exact) mass is 643 g/mol. The molecule has 47 heavy (non-hydrogen) atoms. The van der Waals surface area contributed by atoms with Gasteiger partial charge in [-0.05, 0) is 67.4 Å². The largest absolute Gasteiger partial charge is 0.481 e. The molecular formula is C36H46BN3O7. The topological polar surface area (TPSA) is 97.9 Å². The van der Waals surface area contributed by atoms with Crippen LogP contribution in [-0.2, 0) is 36.8 Å². The average molecular weight is 644 g/mol. The zero-order valence-corrected chi connectivity index (χ0v) is 27.7. The summed E-state index contributed by atoms with van der Waals surface area (Å²) >= 11 is 0. The first-order valence-electron chi connectivity index (χ1n) is 17.2. The molecule has 3 heterocycles. The minimum absolute atomic E-state index is 0.0393. The lowest BCUT2D eigenvalue weighted by atomic mass is 9.43. The van der Waals surface area contributed by atoms with Gasteiger partial charge in [0.1, 0.15) is 19.8 Å². The molecule has 3 saturated heterocycles. The Morgan fingerprint density at radius 1 is 0.915 bits per heavy atom. The maximum atomic E-state index is 14.1. The molecule has 0 spiro atoms. The maximum Gasteiger partial charge on any atom is 0.481 e. The van der Waals surface area contributed by atoms with Crippen LogP contribution in [0.4, 0.5) is 9.59 Å². The van der Waals surface area contributed by atoms with Crippen LogP contribution in [0.25, 0.3) is 0 Å². The van der Waals surface area contributed by atoms with E-state index in [4.69, 9.17) is 18.8 Å². The zero-order chi connectivity index (χ0) is 32.8. The summed E-state index contributed by atoms with van der Waals surface area (Å²) in [6.07, 6.45) is 3.35. The third kappa shape index (κ3) is 6.12. The van der Waals surface area contributed by atoms with Gasteiger partial charge in [0.05, 0.1) is 23.7 Å². The second-order valence-electron chi connectivity index (χ2n) is 14.7. The van der Waals surface area contributed by atoms with E-state index in [1.54, 1.807) is 4.90 Å². The first kappa shape index (κ1) is 32.0. The van der Waals surface area contributed by atoms with Gasteiger partial charge in [-0.3, -0.25) is 9.69 Å². The van der Waals surface area contributed by atoms with E-state index in [0.29, 0.717) is 31.3 Å². The van der Waals surface area contributed by atoms with Gasteiger partial charge >= 0.3 is 19.3 Å². The second kappa shape index (κ2) is 12.8. The van der Waals surface area contributed by atoms with Gasteiger partial charge in [-0.1, -0.05) is 74.5 Å². The Bertz CT molecular complexity index is 1460. The summed E-state index contributed by atoms with van der Waals surface area (Å²) in [7, 11) is -0.480. The van der Waals surface area contributed by atoms with E-state index in [-0.39, 0.29) is 61.3 Å². The van der Waals surface area contributed by atoms with E-state index in [0.717, 1.165) is 30.4 Å². The predicted molar refractivity (Wildman–Crippen MR) is 175 cm³/mol. The van der Waals surface area contributed by atoms with Crippen molar-refractivity contribution < 1.29 is 33.2 Å². The number of rotatable bonds is 8. The first-order chi connectivity index (χ1) is 22.6. The van der Waals surface area contributed by atoms with E-state index >= 15 is 0 Å². The van der Waals surface area contributed by atoms with Crippen LogP contribution in [0, 0.1) is 17.3 Å². The quantitative estimate of drug-likeness (QED) is 0.361. The lowest BCUT2D eigenvalue weighted by Gasteiger charge is -2.64. The van der Waals surface area contributed by atoms with Gasteiger partial charge in [0.15, 0.2) is 0 Å². The van der Waals surface area contributed by atoms with Crippen LogP contribution < -0.4 is 0 Å². The highest BCUT2D eigenvalue weighted by molar-refractivity contribution is 6.48. The van der Waals surface area contributed by atoms with Crippen molar-refractivity contribution in [3.8, 4) is 0 Å². The fraction of sp³-hybridized carbons (Fsp3) is 0.583. The fourth-order valence-corrected chi connectivity index (χ4v) is 8.80. The smallest absolute Gasteiger partial charge is 0.445 e. The molecule has 1 unspecified atom stereocenters. The molecule has 8 rings (SSSR count). The minimum Gasteiger partial charge on any atom is -0.445 e. The van der Waals surface area contributed by atoms with Crippen molar-refractivity contribution in [2.75, 3.05) is 26.2 Å². The van der Waals surface area contributed by atoms with Crippen LogP contribution >= 0.6 is 0 Å². The minimum atomic E-state index is -0.573. The highest BCUT2D eigenvalue weighted by Gasteiger charge is 2.69. The van der Waals surface area contributed by atoms with Crippen molar-refractivity contribution >= 4 is 25.2 Å². The molecule has 0 aromatic heterocycles. The van der Waals surface area contributed by atoms with Gasteiger partial charge < -0.3 is 28.6 Å². The summed E-state index contributed by atoms with van der Waals surface area (Å²) in [6.45, 7) is 8.26. The van der Waals surface area contributed by atoms with Crippen LogP contribution in [-0.4, -0.2) is 89.8 Å². The summed E-state index contributed by atoms with van der Waals surface area (Å²) in [5, 5.41) is 0. The molecule has 0 radical (unpaired) electrons. The summed E-state index contributed by atoms with van der Waals surface area (Å²) in [4.78, 5) is 45.6. The van der Waals surface area contributed by atoms with Crippen molar-refractivity contribution in [1.29, 1.82) is 0 Å². The lowest BCUT2D eigenvalue weighted by Crippen LogP contribution is -2.65. The molecule has 6 atom stereocenters. The number of hydrogen-bond donors (Lipinski definition) is 0. The Kier molecular flexibility index (Phi) is 8.72. The van der Waals surface area contributed by atoms with Gasteiger partial charge in [-0.15, -0.1) is 0 Å². The fourth-order valence-electron chi connectivity index (χ4n) is 8.80. The van der Waals surface area contributed by atoms with Crippen LogP contribution in [0.1, 0.15) is 64.0 Å². The summed E-state index contributed by atoms with van der Waals surface area (Å²) in [5.74, 6) is 0.715. The number of benzene rings is 2. The summed E-state index contributed by atoms with van der Waals surface area (Å²) in [6, 6.07) is 18.6. The third-order valence-electron chi connectivity index (χ3n) is 11.7. The van der Waals surface area contributed by atoms with E-state index in [1.807, 2.05) is 65.6 Å². The van der Waals surface area contributed by atoms with Crippen LogP contribution in [0.2, 0.25) is 0 Å². The highest BCUT2D eigenvalue weighted by Crippen LogP contribution is 2.66. The molecule has 2 bridgehead atoms. The van der Waals surface area contributed by atoms with Gasteiger partial charge in [0, 0.05) is 19.6 Å². The normalized spacial score (nSPS) is 30.4. The standard InChI is InChI=1S/C36H46BN3O7/c1-35(2)27-19-29(35)36(3)30(20-27)46-37(47-36)31-15-10-17-39(31)32(41)22-40(34(43)45-24-26-13-8-5-9-14-26)28-16-18-38(21-28)33(42)44-23-25-11-6-4-7-12-25/h4-9,11-14,27-31H,10,15-24H2,1-3H3/t27-,28?,29+,30+,31-,36-/m0/s1. The SMILES string of the molecule is CC1(C)[C@H]2C[C@H]1[C@]1(C)OB([C@@H]3CCCN3C(=O)CN(C(=O)OCc3ccccc3)C3CCN(C(=O)OCc4ccccc4)C3)O[C@@H]1C2. The van der Waals surface area contributed by atoms with Crippen molar-refractivity contribution in [3.63, 3.8) is 0 Å². The number of nitrogens with zero attached hydrogens (tertiary/aromatic N) is 3. The van der Waals surface area contributed by atoms with Crippen LogP contribution in [0.3, 0.4) is 0 Å². The van der Waals surface area contributed by atoms with Gasteiger partial charge in [-0.25, -0.2) is 9.59 Å². The Labute approximate surface area is 277 Å². The molecule has 10 nitrogen and oxygen atoms in total. The molecule has 3 amide bonds. The molecule has 0 N–H and O–H groups in total. The van der Waals surface area contributed by atoms with Gasteiger partial charge in [0.2, 0.25) is 5.91 Å². The molecule has 2 aromatic rings. The third-order valence-corrected chi connectivity index (χ3v) is 11.7. The van der Waals surface area contributed by atoms with E-state index in [9.17, 15) is 14.4 Å². The van der Waals surface area contributed by atoms with E-state index in [2.05, 4.69) is 20.8 Å². The van der Waals surface area contributed by atoms with E-state index in [1.165, 1.54) is 11.3 Å². The average Bonchev–Trinajstić information content (AvgIpc) is 3.84. The number of hydrogen-bond acceptors (Lipinski definition) is 7.